The van der Waals surface area contributed by atoms with E-state index in [-0.39, 0.29) is 40.9 Å². The van der Waals surface area contributed by atoms with Gasteiger partial charge in [-0.25, -0.2) is 0 Å². The zero-order valence-corrected chi connectivity index (χ0v) is 7.93. The van der Waals surface area contributed by atoms with Gasteiger partial charge in [-0.3, -0.25) is 9.87 Å². The molecule has 0 radical (unpaired) electrons. The van der Waals surface area contributed by atoms with Crippen LogP contribution in [0.25, 0.3) is 0 Å². The maximum atomic E-state index is 10.9. The average molecular weight is 215 g/mol. The van der Waals surface area contributed by atoms with Crippen LogP contribution >= 0.6 is 0 Å². The Hall–Kier alpha value is 0.870. The van der Waals surface area contributed by atoms with Crippen molar-refractivity contribution in [3.05, 3.63) is 0 Å². The van der Waals surface area contributed by atoms with Crippen molar-refractivity contribution in [3.63, 3.8) is 0 Å². The predicted molar refractivity (Wildman–Crippen MR) is 51.2 cm³/mol. The molecular formula is C7H14NNaO3S. The third kappa shape index (κ3) is 1.70. The van der Waals surface area contributed by atoms with E-state index in [1.165, 1.54) is 0 Å². The summed E-state index contributed by atoms with van der Waals surface area (Å²) in [5, 5.41) is 2.09. The van der Waals surface area contributed by atoms with Crippen LogP contribution in [0.15, 0.2) is 0 Å². The predicted octanol–water partition coefficient (Wildman–Crippen LogP) is -0.573. The molecule has 0 aromatic rings. The van der Waals surface area contributed by atoms with E-state index in [1.807, 2.05) is 13.8 Å². The fraction of sp³-hybridized carbons (Fsp3) is 1.00. The molecule has 1 aliphatic heterocycles. The van der Waals surface area contributed by atoms with E-state index < -0.39 is 15.5 Å². The molecule has 1 heterocycles. The monoisotopic (exact) mass is 215 g/mol. The summed E-state index contributed by atoms with van der Waals surface area (Å²) in [4.78, 5) is 0. The Morgan fingerprint density at radius 1 is 1.46 bits per heavy atom. The second-order valence-electron chi connectivity index (χ2n) is 4.30. The summed E-state index contributed by atoms with van der Waals surface area (Å²) in [6.07, 6.45) is 0. The first-order valence-corrected chi connectivity index (χ1v) is 5.55. The molecule has 4 nitrogen and oxygen atoms in total. The Morgan fingerprint density at radius 2 is 2.00 bits per heavy atom. The van der Waals surface area contributed by atoms with Crippen LogP contribution in [0.3, 0.4) is 0 Å². The van der Waals surface area contributed by atoms with Crippen molar-refractivity contribution in [3.8, 4) is 0 Å². The zero-order valence-electron chi connectivity index (χ0n) is 7.11. The number of hydrogen-bond donors (Lipinski definition) is 2. The van der Waals surface area contributed by atoms with Gasteiger partial charge in [0.1, 0.15) is 5.37 Å². The molecule has 72 valence electrons. The van der Waals surface area contributed by atoms with Gasteiger partial charge < -0.3 is 0 Å². The molecule has 0 amide bonds. The van der Waals surface area contributed by atoms with Crippen molar-refractivity contribution < 1.29 is 13.0 Å². The van der Waals surface area contributed by atoms with Crippen molar-refractivity contribution in [1.29, 1.82) is 0 Å². The Kier molecular flexibility index (Phi) is 2.92. The van der Waals surface area contributed by atoms with E-state index in [2.05, 4.69) is 5.32 Å². The van der Waals surface area contributed by atoms with Crippen molar-refractivity contribution >= 4 is 39.7 Å². The van der Waals surface area contributed by atoms with Crippen molar-refractivity contribution in [1.82, 2.24) is 5.32 Å². The summed E-state index contributed by atoms with van der Waals surface area (Å²) >= 11 is 0. The summed E-state index contributed by atoms with van der Waals surface area (Å²) in [6.45, 7) is 4.80. The van der Waals surface area contributed by atoms with Crippen molar-refractivity contribution in [2.24, 2.45) is 17.3 Å². The molecule has 0 bridgehead atoms. The fourth-order valence-corrected chi connectivity index (χ4v) is 3.66. The molecule has 3 unspecified atom stereocenters. The van der Waals surface area contributed by atoms with Crippen LogP contribution in [-0.2, 0) is 10.1 Å². The van der Waals surface area contributed by atoms with Crippen LogP contribution in [0.1, 0.15) is 13.8 Å². The maximum absolute atomic E-state index is 10.9. The zero-order chi connectivity index (χ0) is 9.15. The van der Waals surface area contributed by atoms with Gasteiger partial charge >= 0.3 is 29.6 Å². The second kappa shape index (κ2) is 3.18. The standard InChI is InChI=1S/C7H13NO3S.Na.H/c1-7(2)4-3-8-6(5(4)7)12(9,10)11;;/h4-6,8H,3H2,1-2H3,(H,9,10,11);;. The van der Waals surface area contributed by atoms with Gasteiger partial charge in [0, 0.05) is 12.5 Å². The van der Waals surface area contributed by atoms with Crippen LogP contribution in [0.5, 0.6) is 0 Å². The van der Waals surface area contributed by atoms with Gasteiger partial charge in [-0.2, -0.15) is 8.42 Å². The van der Waals surface area contributed by atoms with E-state index in [0.29, 0.717) is 12.5 Å². The Morgan fingerprint density at radius 3 is 2.23 bits per heavy atom. The van der Waals surface area contributed by atoms with E-state index in [9.17, 15) is 8.42 Å². The molecule has 2 rings (SSSR count). The number of fused-ring (bicyclic) bond motifs is 1. The van der Waals surface area contributed by atoms with Crippen LogP contribution in [-0.4, -0.2) is 54.4 Å². The molecule has 0 spiro atoms. The summed E-state index contributed by atoms with van der Waals surface area (Å²) in [5.41, 5.74) is 0.0890. The second-order valence-corrected chi connectivity index (χ2v) is 5.84. The van der Waals surface area contributed by atoms with Gasteiger partial charge in [0.25, 0.3) is 10.1 Å². The molecule has 1 aliphatic carbocycles. The van der Waals surface area contributed by atoms with Gasteiger partial charge in [-0.05, 0) is 11.3 Å². The number of rotatable bonds is 1. The van der Waals surface area contributed by atoms with Gasteiger partial charge in [-0.1, -0.05) is 13.8 Å². The number of nitrogens with one attached hydrogen (secondary N) is 1. The molecule has 0 aromatic heterocycles. The summed E-state index contributed by atoms with van der Waals surface area (Å²) in [6, 6.07) is 0. The minimum absolute atomic E-state index is 0. The fourth-order valence-electron chi connectivity index (χ4n) is 2.44. The summed E-state index contributed by atoms with van der Waals surface area (Å²) < 4.78 is 30.6. The first kappa shape index (κ1) is 11.9. The van der Waals surface area contributed by atoms with Crippen molar-refractivity contribution in [2.75, 3.05) is 6.54 Å². The molecule has 3 atom stereocenters. The SMILES string of the molecule is CC1(C)C2CNC(S(=O)(=O)O)C21.[NaH]. The molecule has 13 heavy (non-hydrogen) atoms. The number of hydrogen-bond acceptors (Lipinski definition) is 3. The van der Waals surface area contributed by atoms with Gasteiger partial charge in [0.2, 0.25) is 0 Å². The van der Waals surface area contributed by atoms with Gasteiger partial charge in [0.15, 0.2) is 0 Å². The minimum atomic E-state index is -3.89. The molecule has 1 saturated carbocycles. The first-order valence-electron chi connectivity index (χ1n) is 4.05. The molecular weight excluding hydrogens is 201 g/mol. The quantitative estimate of drug-likeness (QED) is 0.454. The third-order valence-corrected chi connectivity index (χ3v) is 4.43. The van der Waals surface area contributed by atoms with Gasteiger partial charge in [-0.15, -0.1) is 0 Å². The molecule has 1 saturated heterocycles. The van der Waals surface area contributed by atoms with E-state index >= 15 is 0 Å². The normalized spacial score (nSPS) is 40.7. The van der Waals surface area contributed by atoms with Gasteiger partial charge in [0.05, 0.1) is 0 Å². The average Bonchev–Trinajstić information content (AvgIpc) is 2.34. The van der Waals surface area contributed by atoms with Crippen LogP contribution < -0.4 is 5.32 Å². The summed E-state index contributed by atoms with van der Waals surface area (Å²) in [7, 11) is -3.89. The Bertz CT molecular complexity index is 314. The van der Waals surface area contributed by atoms with E-state index in [4.69, 9.17) is 4.55 Å². The van der Waals surface area contributed by atoms with Crippen molar-refractivity contribution in [2.45, 2.75) is 19.2 Å². The van der Waals surface area contributed by atoms with Crippen LogP contribution in [0, 0.1) is 17.3 Å². The Balaban J connectivity index is 0.000000845. The molecule has 2 fully saturated rings. The Labute approximate surface area is 101 Å². The van der Waals surface area contributed by atoms with E-state index in [1.54, 1.807) is 0 Å². The van der Waals surface area contributed by atoms with Crippen LogP contribution in [0.2, 0.25) is 0 Å². The van der Waals surface area contributed by atoms with Crippen LogP contribution in [0.4, 0.5) is 0 Å². The molecule has 2 aliphatic rings. The third-order valence-electron chi connectivity index (χ3n) is 3.33. The number of piperidine rings is 1. The molecule has 6 heteroatoms. The van der Waals surface area contributed by atoms with E-state index in [0.717, 1.165) is 0 Å². The molecule has 2 N–H and O–H groups in total. The summed E-state index contributed by atoms with van der Waals surface area (Å²) in [5.74, 6) is 0.525. The topological polar surface area (TPSA) is 66.4 Å². The first-order chi connectivity index (χ1) is 5.35. The molecule has 0 aromatic carbocycles.